The van der Waals surface area contributed by atoms with Gasteiger partial charge in [-0.2, -0.15) is 4.98 Å². The highest BCUT2D eigenvalue weighted by molar-refractivity contribution is 5.49. The van der Waals surface area contributed by atoms with E-state index >= 15 is 0 Å². The third-order valence-corrected chi connectivity index (χ3v) is 4.88. The highest BCUT2D eigenvalue weighted by Crippen LogP contribution is 2.29. The Kier molecular flexibility index (Phi) is 5.48. The molecule has 4 rings (SSSR count). The van der Waals surface area contributed by atoms with Gasteiger partial charge < -0.3 is 15.0 Å². The topological polar surface area (TPSA) is 50.3 Å². The first-order chi connectivity index (χ1) is 14.4. The highest BCUT2D eigenvalue weighted by atomic mass is 19.4. The molecular formula is C22H21F3N4O. The maximum absolute atomic E-state index is 12.5. The number of nitrogens with zero attached hydrogens (tertiary/aromatic N) is 3. The number of aromatic nitrogens is 2. The summed E-state index contributed by atoms with van der Waals surface area (Å²) < 4.78 is 41.4. The molecule has 5 nitrogen and oxygen atoms in total. The molecule has 156 valence electrons. The van der Waals surface area contributed by atoms with E-state index in [1.807, 2.05) is 43.3 Å². The monoisotopic (exact) mass is 414 g/mol. The Morgan fingerprint density at radius 2 is 1.83 bits per heavy atom. The lowest BCUT2D eigenvalue weighted by Gasteiger charge is -2.30. The average molecular weight is 414 g/mol. The molecule has 1 aliphatic heterocycles. The van der Waals surface area contributed by atoms with Crippen molar-refractivity contribution in [3.05, 3.63) is 77.0 Å². The van der Waals surface area contributed by atoms with Crippen LogP contribution in [0.4, 0.5) is 24.9 Å². The molecule has 0 amide bonds. The van der Waals surface area contributed by atoms with E-state index in [2.05, 4.69) is 24.9 Å². The molecule has 2 heterocycles. The number of rotatable bonds is 5. The van der Waals surface area contributed by atoms with Crippen LogP contribution in [0.5, 0.6) is 5.75 Å². The van der Waals surface area contributed by atoms with Crippen molar-refractivity contribution < 1.29 is 17.9 Å². The van der Waals surface area contributed by atoms with Gasteiger partial charge in [-0.15, -0.1) is 13.2 Å². The van der Waals surface area contributed by atoms with Crippen LogP contribution in [-0.2, 0) is 19.5 Å². The predicted molar refractivity (Wildman–Crippen MR) is 108 cm³/mol. The van der Waals surface area contributed by atoms with E-state index in [1.54, 1.807) is 6.07 Å². The second-order valence-corrected chi connectivity index (χ2v) is 7.18. The fraction of sp³-hybridized carbons (Fsp3) is 0.273. The van der Waals surface area contributed by atoms with Crippen LogP contribution in [0.2, 0.25) is 0 Å². The third-order valence-electron chi connectivity index (χ3n) is 4.88. The first-order valence-electron chi connectivity index (χ1n) is 9.62. The van der Waals surface area contributed by atoms with E-state index in [9.17, 15) is 13.2 Å². The molecule has 0 aliphatic carbocycles. The van der Waals surface area contributed by atoms with E-state index in [0.717, 1.165) is 28.2 Å². The summed E-state index contributed by atoms with van der Waals surface area (Å²) in [5, 5.41) is 3.26. The fourth-order valence-electron chi connectivity index (χ4n) is 3.49. The number of benzene rings is 2. The van der Waals surface area contributed by atoms with Gasteiger partial charge in [0.1, 0.15) is 11.6 Å². The lowest BCUT2D eigenvalue weighted by atomic mass is 9.99. The lowest BCUT2D eigenvalue weighted by Crippen LogP contribution is -2.31. The van der Waals surface area contributed by atoms with Crippen LogP contribution in [0, 0.1) is 6.92 Å². The van der Waals surface area contributed by atoms with Gasteiger partial charge in [-0.1, -0.05) is 36.4 Å². The average Bonchev–Trinajstić information content (AvgIpc) is 2.71. The summed E-state index contributed by atoms with van der Waals surface area (Å²) in [6, 6.07) is 16.4. The first-order valence-corrected chi connectivity index (χ1v) is 9.62. The zero-order valence-electron chi connectivity index (χ0n) is 16.4. The van der Waals surface area contributed by atoms with Crippen LogP contribution < -0.4 is 15.0 Å². The molecule has 0 fully saturated rings. The van der Waals surface area contributed by atoms with Crippen molar-refractivity contribution in [3.8, 4) is 5.75 Å². The van der Waals surface area contributed by atoms with Crippen LogP contribution in [0.3, 0.4) is 0 Å². The molecule has 0 atom stereocenters. The standard InChI is InChI=1S/C22H21F3N4O/c1-15-11-20(28-21(27-15)26-13-16-5-3-2-4-6-16)29-10-9-17-12-19(30-22(23,24)25)8-7-18(17)14-29/h2-8,11-12H,9-10,13-14H2,1H3,(H,26,27,28). The summed E-state index contributed by atoms with van der Waals surface area (Å²) in [5.74, 6) is 1.16. The molecular weight excluding hydrogens is 393 g/mol. The van der Waals surface area contributed by atoms with Crippen molar-refractivity contribution >= 4 is 11.8 Å². The van der Waals surface area contributed by atoms with E-state index in [0.29, 0.717) is 32.0 Å². The smallest absolute Gasteiger partial charge is 0.406 e. The number of aryl methyl sites for hydroxylation is 1. The Hall–Kier alpha value is -3.29. The fourth-order valence-corrected chi connectivity index (χ4v) is 3.49. The van der Waals surface area contributed by atoms with Crippen LogP contribution >= 0.6 is 0 Å². The quantitative estimate of drug-likeness (QED) is 0.646. The summed E-state index contributed by atoms with van der Waals surface area (Å²) in [6.07, 6.45) is -4.07. The largest absolute Gasteiger partial charge is 0.573 e. The van der Waals surface area contributed by atoms with E-state index in [-0.39, 0.29) is 5.75 Å². The molecule has 30 heavy (non-hydrogen) atoms. The molecule has 0 bridgehead atoms. The van der Waals surface area contributed by atoms with Gasteiger partial charge >= 0.3 is 6.36 Å². The van der Waals surface area contributed by atoms with Crippen molar-refractivity contribution in [2.75, 3.05) is 16.8 Å². The summed E-state index contributed by atoms with van der Waals surface area (Å²) in [7, 11) is 0. The van der Waals surface area contributed by atoms with Gasteiger partial charge in [0.05, 0.1) is 0 Å². The van der Waals surface area contributed by atoms with Gasteiger partial charge in [0, 0.05) is 31.4 Å². The molecule has 0 unspecified atom stereocenters. The second kappa shape index (κ2) is 8.22. The number of fused-ring (bicyclic) bond motifs is 1. The first kappa shape index (κ1) is 20.0. The number of halogens is 3. The van der Waals surface area contributed by atoms with Gasteiger partial charge in [0.2, 0.25) is 5.95 Å². The minimum absolute atomic E-state index is 0.181. The maximum Gasteiger partial charge on any atom is 0.573 e. The van der Waals surface area contributed by atoms with Crippen LogP contribution in [-0.4, -0.2) is 22.9 Å². The predicted octanol–water partition coefficient (Wildman–Crippen LogP) is 4.86. The normalized spacial score (nSPS) is 13.7. The van der Waals surface area contributed by atoms with Gasteiger partial charge in [-0.25, -0.2) is 4.98 Å². The molecule has 1 aliphatic rings. The van der Waals surface area contributed by atoms with E-state index < -0.39 is 6.36 Å². The Balaban J connectivity index is 1.48. The van der Waals surface area contributed by atoms with Gasteiger partial charge in [0.15, 0.2) is 0 Å². The molecule has 2 aromatic carbocycles. The highest BCUT2D eigenvalue weighted by Gasteiger charge is 2.31. The second-order valence-electron chi connectivity index (χ2n) is 7.18. The maximum atomic E-state index is 12.5. The number of hydrogen-bond acceptors (Lipinski definition) is 5. The SMILES string of the molecule is Cc1cc(N2CCc3cc(OC(F)(F)F)ccc3C2)nc(NCc2ccccc2)n1. The molecule has 3 aromatic rings. The van der Waals surface area contributed by atoms with Gasteiger partial charge in [-0.3, -0.25) is 0 Å². The Labute approximate surface area is 172 Å². The van der Waals surface area contributed by atoms with Crippen molar-refractivity contribution in [2.45, 2.75) is 32.8 Å². The summed E-state index contributed by atoms with van der Waals surface area (Å²) in [5.41, 5.74) is 3.80. The molecule has 0 spiro atoms. The number of ether oxygens (including phenoxy) is 1. The Morgan fingerprint density at radius 1 is 1.03 bits per heavy atom. The molecule has 1 aromatic heterocycles. The number of nitrogens with one attached hydrogen (secondary N) is 1. The zero-order chi connectivity index (χ0) is 21.1. The molecule has 8 heteroatoms. The van der Waals surface area contributed by atoms with E-state index in [1.165, 1.54) is 12.1 Å². The molecule has 0 saturated heterocycles. The van der Waals surface area contributed by atoms with Crippen LogP contribution in [0.15, 0.2) is 54.6 Å². The van der Waals surface area contributed by atoms with E-state index in [4.69, 9.17) is 0 Å². The van der Waals surface area contributed by atoms with Crippen molar-refractivity contribution in [2.24, 2.45) is 0 Å². The number of alkyl halides is 3. The number of anilines is 2. The summed E-state index contributed by atoms with van der Waals surface area (Å²) >= 11 is 0. The minimum atomic E-state index is -4.68. The Bertz CT molecular complexity index is 1020. The van der Waals surface area contributed by atoms with Crippen LogP contribution in [0.25, 0.3) is 0 Å². The Morgan fingerprint density at radius 3 is 2.60 bits per heavy atom. The van der Waals surface area contributed by atoms with Crippen molar-refractivity contribution in [1.82, 2.24) is 9.97 Å². The summed E-state index contributed by atoms with van der Waals surface area (Å²) in [6.45, 7) is 3.75. The summed E-state index contributed by atoms with van der Waals surface area (Å²) in [4.78, 5) is 11.2. The van der Waals surface area contributed by atoms with Crippen molar-refractivity contribution in [1.29, 1.82) is 0 Å². The van der Waals surface area contributed by atoms with Crippen LogP contribution in [0.1, 0.15) is 22.4 Å². The molecule has 1 N–H and O–H groups in total. The molecule has 0 radical (unpaired) electrons. The van der Waals surface area contributed by atoms with Gasteiger partial charge in [0.25, 0.3) is 0 Å². The minimum Gasteiger partial charge on any atom is -0.406 e. The number of hydrogen-bond donors (Lipinski definition) is 1. The van der Waals surface area contributed by atoms with Gasteiger partial charge in [-0.05, 0) is 42.2 Å². The lowest BCUT2D eigenvalue weighted by molar-refractivity contribution is -0.274. The van der Waals surface area contributed by atoms with Crippen molar-refractivity contribution in [3.63, 3.8) is 0 Å². The third kappa shape index (κ3) is 5.00. The molecule has 0 saturated carbocycles. The zero-order valence-corrected chi connectivity index (χ0v) is 16.4.